The number of hydrogen-bond donors (Lipinski definition) is 3. The van der Waals surface area contributed by atoms with Gasteiger partial charge in [-0.05, 0) is 57.9 Å². The molecule has 0 aliphatic carbocycles. The van der Waals surface area contributed by atoms with Crippen molar-refractivity contribution in [2.45, 2.75) is 52.6 Å². The molecular weight excluding hydrogens is 476 g/mol. The van der Waals surface area contributed by atoms with Crippen LogP contribution >= 0.6 is 11.6 Å². The third-order valence-electron chi connectivity index (χ3n) is 6.76. The van der Waals surface area contributed by atoms with Crippen molar-refractivity contribution in [3.05, 3.63) is 69.5 Å². The Morgan fingerprint density at radius 3 is 2.71 bits per heavy atom. The molecule has 2 atom stereocenters. The summed E-state index contributed by atoms with van der Waals surface area (Å²) in [6.45, 7) is 6.25. The molecule has 0 amide bonds. The van der Waals surface area contributed by atoms with Gasteiger partial charge in [0, 0.05) is 36.3 Å². The normalized spacial score (nSPS) is 20.7. The van der Waals surface area contributed by atoms with Gasteiger partial charge in [0.1, 0.15) is 17.5 Å². The fourth-order valence-electron chi connectivity index (χ4n) is 4.68. The third kappa shape index (κ3) is 5.31. The number of aryl methyl sites for hydroxylation is 2. The van der Waals surface area contributed by atoms with Crippen LogP contribution in [0.4, 0.5) is 20.4 Å². The summed E-state index contributed by atoms with van der Waals surface area (Å²) in [5.41, 5.74) is 0.887. The smallest absolute Gasteiger partial charge is 0.310 e. The highest BCUT2D eigenvalue weighted by atomic mass is 35.5. The average molecular weight is 504 g/mol. The minimum absolute atomic E-state index is 0.0494. The summed E-state index contributed by atoms with van der Waals surface area (Å²) in [6, 6.07) is 7.86. The van der Waals surface area contributed by atoms with Gasteiger partial charge in [-0.15, -0.1) is 0 Å². The molecule has 4 rings (SSSR count). The Morgan fingerprint density at radius 2 is 2.06 bits per heavy atom. The van der Waals surface area contributed by atoms with Gasteiger partial charge in [0.25, 0.3) is 0 Å². The Hall–Kier alpha value is -3.04. The van der Waals surface area contributed by atoms with E-state index in [1.165, 1.54) is 12.1 Å². The molecule has 0 bridgehead atoms. The number of piperidine rings is 1. The summed E-state index contributed by atoms with van der Waals surface area (Å²) >= 11 is 6.07. The van der Waals surface area contributed by atoms with Crippen LogP contribution in [-0.2, 0) is 17.8 Å². The number of nitrogens with one attached hydrogen (secondary N) is 2. The molecule has 3 aromatic rings. The second-order valence-electron chi connectivity index (χ2n) is 9.39. The van der Waals surface area contributed by atoms with Gasteiger partial charge in [0.2, 0.25) is 0 Å². The molecule has 1 saturated heterocycles. The lowest BCUT2D eigenvalue weighted by Gasteiger charge is -2.43. The van der Waals surface area contributed by atoms with Crippen molar-refractivity contribution in [3.63, 3.8) is 0 Å². The van der Waals surface area contributed by atoms with Crippen molar-refractivity contribution in [2.75, 3.05) is 11.9 Å². The van der Waals surface area contributed by atoms with Crippen LogP contribution in [0.1, 0.15) is 42.3 Å². The molecule has 10 heteroatoms. The first-order chi connectivity index (χ1) is 16.6. The van der Waals surface area contributed by atoms with Gasteiger partial charge in [-0.2, -0.15) is 5.10 Å². The molecule has 186 valence electrons. The fourth-order valence-corrected chi connectivity index (χ4v) is 4.86. The lowest BCUT2D eigenvalue weighted by Crippen LogP contribution is -2.50. The Balaban J connectivity index is 1.52. The number of aromatic nitrogens is 3. The molecule has 0 radical (unpaired) electrons. The Morgan fingerprint density at radius 1 is 1.29 bits per heavy atom. The number of rotatable bonds is 7. The van der Waals surface area contributed by atoms with E-state index in [4.69, 9.17) is 11.6 Å². The van der Waals surface area contributed by atoms with E-state index in [2.05, 4.69) is 20.5 Å². The second kappa shape index (κ2) is 9.91. The summed E-state index contributed by atoms with van der Waals surface area (Å²) in [5.74, 6) is -1.08. The predicted octanol–water partition coefficient (Wildman–Crippen LogP) is 5.39. The predicted molar refractivity (Wildman–Crippen MR) is 130 cm³/mol. The zero-order valence-corrected chi connectivity index (χ0v) is 20.6. The van der Waals surface area contributed by atoms with Crippen LogP contribution in [0.25, 0.3) is 0 Å². The van der Waals surface area contributed by atoms with E-state index in [9.17, 15) is 18.7 Å². The van der Waals surface area contributed by atoms with E-state index in [1.54, 1.807) is 25.1 Å². The minimum Gasteiger partial charge on any atom is -0.481 e. The lowest BCUT2D eigenvalue weighted by molar-refractivity contribution is -0.153. The Bertz CT molecular complexity index is 1250. The van der Waals surface area contributed by atoms with Gasteiger partial charge in [0.05, 0.1) is 16.1 Å². The molecule has 7 nitrogen and oxygen atoms in total. The highest BCUT2D eigenvalue weighted by Crippen LogP contribution is 2.39. The summed E-state index contributed by atoms with van der Waals surface area (Å²) in [5, 5.41) is 20.2. The molecule has 1 aliphatic heterocycles. The number of aromatic amines is 1. The number of nitrogens with zero attached hydrogens (tertiary/aromatic N) is 3. The number of anilines is 2. The first-order valence-corrected chi connectivity index (χ1v) is 11.8. The third-order valence-corrected chi connectivity index (χ3v) is 7.22. The van der Waals surface area contributed by atoms with Gasteiger partial charge in [0.15, 0.2) is 5.82 Å². The van der Waals surface area contributed by atoms with Crippen LogP contribution in [0, 0.1) is 30.9 Å². The van der Waals surface area contributed by atoms with Crippen LogP contribution in [0.2, 0.25) is 5.02 Å². The molecule has 0 unspecified atom stereocenters. The summed E-state index contributed by atoms with van der Waals surface area (Å²) in [4.78, 5) is 18.8. The van der Waals surface area contributed by atoms with Crippen LogP contribution < -0.4 is 5.32 Å². The minimum atomic E-state index is -1.19. The first kappa shape index (κ1) is 25.1. The second-order valence-corrected chi connectivity index (χ2v) is 9.77. The van der Waals surface area contributed by atoms with E-state index < -0.39 is 23.0 Å². The number of halogens is 3. The maximum absolute atomic E-state index is 14.7. The highest BCUT2D eigenvalue weighted by Gasteiger charge is 2.45. The van der Waals surface area contributed by atoms with E-state index in [-0.39, 0.29) is 36.0 Å². The first-order valence-electron chi connectivity index (χ1n) is 11.4. The molecule has 0 spiro atoms. The van der Waals surface area contributed by atoms with Crippen molar-refractivity contribution in [2.24, 2.45) is 5.41 Å². The van der Waals surface area contributed by atoms with E-state index in [0.717, 1.165) is 5.69 Å². The topological polar surface area (TPSA) is 94.1 Å². The largest absolute Gasteiger partial charge is 0.481 e. The van der Waals surface area contributed by atoms with Crippen molar-refractivity contribution in [1.82, 2.24) is 20.1 Å². The van der Waals surface area contributed by atoms with Crippen molar-refractivity contribution < 1.29 is 18.7 Å². The van der Waals surface area contributed by atoms with Crippen LogP contribution in [-0.4, -0.2) is 43.7 Å². The van der Waals surface area contributed by atoms with Crippen molar-refractivity contribution in [3.8, 4) is 0 Å². The molecule has 0 saturated carbocycles. The molecule has 3 N–H and O–H groups in total. The van der Waals surface area contributed by atoms with E-state index in [1.807, 2.05) is 18.7 Å². The molecular formula is C25H28ClF2N5O2. The lowest BCUT2D eigenvalue weighted by atomic mass is 9.72. The number of hydrogen-bond acceptors (Lipinski definition) is 5. The monoisotopic (exact) mass is 503 g/mol. The number of carboxylic acid groups (broad SMARTS) is 1. The van der Waals surface area contributed by atoms with Gasteiger partial charge >= 0.3 is 5.97 Å². The molecule has 2 aromatic heterocycles. The number of pyridine rings is 1. The Kier molecular flexibility index (Phi) is 7.10. The van der Waals surface area contributed by atoms with Crippen LogP contribution in [0.15, 0.2) is 30.3 Å². The van der Waals surface area contributed by atoms with Crippen molar-refractivity contribution in [1.29, 1.82) is 0 Å². The number of H-pyrrole nitrogens is 1. The highest BCUT2D eigenvalue weighted by molar-refractivity contribution is 6.31. The van der Waals surface area contributed by atoms with Gasteiger partial charge in [-0.1, -0.05) is 23.7 Å². The van der Waals surface area contributed by atoms with Gasteiger partial charge in [-0.3, -0.25) is 14.8 Å². The van der Waals surface area contributed by atoms with Crippen molar-refractivity contribution >= 4 is 29.2 Å². The average Bonchev–Trinajstić information content (AvgIpc) is 3.22. The molecule has 1 aliphatic rings. The number of aliphatic carboxylic acids is 1. The molecule has 3 heterocycles. The SMILES string of the molecule is Cc1cc(Nc2ccc(F)c(C[C@@]3(C(=O)O)CCN(Cc4ccc(C)c(Cl)c4F)[C@H](C)C3)n2)n[nH]1. The summed E-state index contributed by atoms with van der Waals surface area (Å²) in [6.07, 6.45) is 0.512. The van der Waals surface area contributed by atoms with Gasteiger partial charge < -0.3 is 10.4 Å². The number of carbonyl (C=O) groups is 1. The molecule has 1 aromatic carbocycles. The maximum Gasteiger partial charge on any atom is 0.310 e. The zero-order chi connectivity index (χ0) is 25.3. The van der Waals surface area contributed by atoms with E-state index >= 15 is 0 Å². The Labute approximate surface area is 207 Å². The van der Waals surface area contributed by atoms with Gasteiger partial charge in [-0.25, -0.2) is 13.8 Å². The number of carboxylic acids is 1. The van der Waals surface area contributed by atoms with Crippen LogP contribution in [0.3, 0.4) is 0 Å². The molecule has 1 fully saturated rings. The molecule has 35 heavy (non-hydrogen) atoms. The maximum atomic E-state index is 14.7. The van der Waals surface area contributed by atoms with E-state index in [0.29, 0.717) is 35.9 Å². The number of likely N-dealkylation sites (tertiary alicyclic amines) is 1. The zero-order valence-electron chi connectivity index (χ0n) is 19.8. The van der Waals surface area contributed by atoms with Crippen LogP contribution in [0.5, 0.6) is 0 Å². The standard InChI is InChI=1S/C25H28ClF2N5O2/c1-14-4-5-17(23(28)22(14)26)13-33-9-8-25(24(34)35,11-16(33)3)12-19-18(27)6-7-20(29-19)30-21-10-15(2)31-32-21/h4-7,10,16H,8-9,11-13H2,1-3H3,(H,34,35)(H2,29,30,31,32)/t16-,25-/m1/s1. The number of benzene rings is 1. The fraction of sp³-hybridized carbons (Fsp3) is 0.400. The quantitative estimate of drug-likeness (QED) is 0.400. The summed E-state index contributed by atoms with van der Waals surface area (Å²) in [7, 11) is 0. The summed E-state index contributed by atoms with van der Waals surface area (Å²) < 4.78 is 29.3.